The second-order valence-corrected chi connectivity index (χ2v) is 4.54. The molecule has 5 nitrogen and oxygen atoms in total. The van der Waals surface area contributed by atoms with Crippen molar-refractivity contribution >= 4 is 5.96 Å². The van der Waals surface area contributed by atoms with Crippen LogP contribution in [0.25, 0.3) is 0 Å². The fourth-order valence-corrected chi connectivity index (χ4v) is 1.84. The van der Waals surface area contributed by atoms with Crippen molar-refractivity contribution in [3.05, 3.63) is 23.8 Å². The maximum absolute atomic E-state index is 5.58. The molecular weight excluding hydrogens is 266 g/mol. The SMILES string of the molecule is CCCNC(=NCc1ccc(OC)c(OCC)c1)NCC. The average Bonchev–Trinajstić information content (AvgIpc) is 2.50. The van der Waals surface area contributed by atoms with E-state index >= 15 is 0 Å². The van der Waals surface area contributed by atoms with E-state index in [4.69, 9.17) is 9.47 Å². The van der Waals surface area contributed by atoms with E-state index in [-0.39, 0.29) is 0 Å². The Morgan fingerprint density at radius 3 is 2.57 bits per heavy atom. The van der Waals surface area contributed by atoms with Gasteiger partial charge in [0.05, 0.1) is 20.3 Å². The third kappa shape index (κ3) is 5.94. The fraction of sp³-hybridized carbons (Fsp3) is 0.562. The summed E-state index contributed by atoms with van der Waals surface area (Å²) in [4.78, 5) is 4.58. The highest BCUT2D eigenvalue weighted by Crippen LogP contribution is 2.28. The fourth-order valence-electron chi connectivity index (χ4n) is 1.84. The summed E-state index contributed by atoms with van der Waals surface area (Å²) in [5, 5.41) is 6.52. The van der Waals surface area contributed by atoms with E-state index in [1.807, 2.05) is 25.1 Å². The molecule has 2 N–H and O–H groups in total. The predicted molar refractivity (Wildman–Crippen MR) is 87.3 cm³/mol. The van der Waals surface area contributed by atoms with E-state index < -0.39 is 0 Å². The van der Waals surface area contributed by atoms with Crippen molar-refractivity contribution in [1.29, 1.82) is 0 Å². The molecule has 21 heavy (non-hydrogen) atoms. The standard InChI is InChI=1S/C16H27N3O2/c1-5-10-18-16(17-6-2)19-12-13-8-9-14(20-4)15(11-13)21-7-3/h8-9,11H,5-7,10,12H2,1-4H3,(H2,17,18,19). The van der Waals surface area contributed by atoms with Crippen LogP contribution in [0.15, 0.2) is 23.2 Å². The van der Waals surface area contributed by atoms with Crippen LogP contribution >= 0.6 is 0 Å². The molecule has 0 aliphatic heterocycles. The maximum Gasteiger partial charge on any atom is 0.191 e. The van der Waals surface area contributed by atoms with E-state index in [0.717, 1.165) is 42.5 Å². The van der Waals surface area contributed by atoms with Gasteiger partial charge in [0.25, 0.3) is 0 Å². The third-order valence-corrected chi connectivity index (χ3v) is 2.83. The van der Waals surface area contributed by atoms with Crippen molar-refractivity contribution in [2.75, 3.05) is 26.8 Å². The summed E-state index contributed by atoms with van der Waals surface area (Å²) in [5.41, 5.74) is 1.09. The quantitative estimate of drug-likeness (QED) is 0.571. The highest BCUT2D eigenvalue weighted by Gasteiger charge is 2.05. The first-order valence-electron chi connectivity index (χ1n) is 7.57. The van der Waals surface area contributed by atoms with Gasteiger partial charge < -0.3 is 20.1 Å². The summed E-state index contributed by atoms with van der Waals surface area (Å²) in [6, 6.07) is 5.91. The van der Waals surface area contributed by atoms with Crippen LogP contribution in [0.2, 0.25) is 0 Å². The zero-order valence-corrected chi connectivity index (χ0v) is 13.5. The average molecular weight is 293 g/mol. The van der Waals surface area contributed by atoms with Crippen molar-refractivity contribution in [3.8, 4) is 11.5 Å². The molecule has 1 aromatic rings. The van der Waals surface area contributed by atoms with Gasteiger partial charge in [0.15, 0.2) is 17.5 Å². The van der Waals surface area contributed by atoms with Crippen LogP contribution in [0.4, 0.5) is 0 Å². The molecule has 0 atom stereocenters. The second-order valence-electron chi connectivity index (χ2n) is 4.54. The summed E-state index contributed by atoms with van der Waals surface area (Å²) < 4.78 is 10.9. The number of nitrogens with one attached hydrogen (secondary N) is 2. The molecule has 0 fully saturated rings. The molecule has 0 saturated carbocycles. The highest BCUT2D eigenvalue weighted by atomic mass is 16.5. The molecule has 0 bridgehead atoms. The van der Waals surface area contributed by atoms with Crippen LogP contribution in [0.3, 0.4) is 0 Å². The first-order valence-corrected chi connectivity index (χ1v) is 7.57. The molecule has 118 valence electrons. The molecule has 0 aliphatic carbocycles. The Bertz CT molecular complexity index is 447. The Hall–Kier alpha value is -1.91. The lowest BCUT2D eigenvalue weighted by molar-refractivity contribution is 0.310. The van der Waals surface area contributed by atoms with Gasteiger partial charge in [-0.3, -0.25) is 0 Å². The van der Waals surface area contributed by atoms with Crippen molar-refractivity contribution < 1.29 is 9.47 Å². The molecule has 0 saturated heterocycles. The van der Waals surface area contributed by atoms with Gasteiger partial charge >= 0.3 is 0 Å². The van der Waals surface area contributed by atoms with Crippen LogP contribution in [0.5, 0.6) is 11.5 Å². The summed E-state index contributed by atoms with van der Waals surface area (Å²) in [5.74, 6) is 2.35. The van der Waals surface area contributed by atoms with Gasteiger partial charge in [-0.25, -0.2) is 4.99 Å². The van der Waals surface area contributed by atoms with E-state index in [1.54, 1.807) is 7.11 Å². The minimum absolute atomic E-state index is 0.600. The number of hydrogen-bond donors (Lipinski definition) is 2. The highest BCUT2D eigenvalue weighted by molar-refractivity contribution is 5.79. The third-order valence-electron chi connectivity index (χ3n) is 2.83. The number of hydrogen-bond acceptors (Lipinski definition) is 3. The van der Waals surface area contributed by atoms with Gasteiger partial charge in [-0.15, -0.1) is 0 Å². The van der Waals surface area contributed by atoms with Gasteiger partial charge in [0.2, 0.25) is 0 Å². The van der Waals surface area contributed by atoms with Crippen molar-refractivity contribution in [2.45, 2.75) is 33.7 Å². The van der Waals surface area contributed by atoms with Gasteiger partial charge in [-0.2, -0.15) is 0 Å². The topological polar surface area (TPSA) is 54.9 Å². The minimum Gasteiger partial charge on any atom is -0.493 e. The van der Waals surface area contributed by atoms with E-state index in [9.17, 15) is 0 Å². The smallest absolute Gasteiger partial charge is 0.191 e. The Morgan fingerprint density at radius 1 is 1.14 bits per heavy atom. The molecule has 0 aliphatic rings. The Morgan fingerprint density at radius 2 is 1.95 bits per heavy atom. The normalized spacial score (nSPS) is 11.1. The first-order chi connectivity index (χ1) is 10.2. The van der Waals surface area contributed by atoms with Gasteiger partial charge in [0.1, 0.15) is 0 Å². The Labute approximate surface area is 127 Å². The van der Waals surface area contributed by atoms with Gasteiger partial charge in [-0.05, 0) is 38.0 Å². The molecule has 0 unspecified atom stereocenters. The van der Waals surface area contributed by atoms with Crippen molar-refractivity contribution in [2.24, 2.45) is 4.99 Å². The van der Waals surface area contributed by atoms with E-state index in [2.05, 4.69) is 29.5 Å². The zero-order chi connectivity index (χ0) is 15.5. The number of guanidine groups is 1. The van der Waals surface area contributed by atoms with Crippen molar-refractivity contribution in [3.63, 3.8) is 0 Å². The Kier molecular flexibility index (Phi) is 8.09. The van der Waals surface area contributed by atoms with Crippen LogP contribution in [0, 0.1) is 0 Å². The van der Waals surface area contributed by atoms with Crippen LogP contribution in [0.1, 0.15) is 32.8 Å². The monoisotopic (exact) mass is 293 g/mol. The largest absolute Gasteiger partial charge is 0.493 e. The van der Waals surface area contributed by atoms with Crippen LogP contribution < -0.4 is 20.1 Å². The molecule has 1 rings (SSSR count). The lowest BCUT2D eigenvalue weighted by atomic mass is 10.2. The summed E-state index contributed by atoms with van der Waals surface area (Å²) >= 11 is 0. The maximum atomic E-state index is 5.58. The molecular formula is C16H27N3O2. The van der Waals surface area contributed by atoms with Gasteiger partial charge in [0, 0.05) is 13.1 Å². The van der Waals surface area contributed by atoms with E-state index in [1.165, 1.54) is 0 Å². The lowest BCUT2D eigenvalue weighted by Crippen LogP contribution is -2.37. The molecule has 0 spiro atoms. The minimum atomic E-state index is 0.600. The predicted octanol–water partition coefficient (Wildman–Crippen LogP) is 2.56. The van der Waals surface area contributed by atoms with Gasteiger partial charge in [-0.1, -0.05) is 13.0 Å². The van der Waals surface area contributed by atoms with Crippen LogP contribution in [-0.2, 0) is 6.54 Å². The second kappa shape index (κ2) is 9.91. The molecule has 0 aromatic heterocycles. The molecule has 5 heteroatoms. The summed E-state index contributed by atoms with van der Waals surface area (Å²) in [6.45, 7) is 9.13. The first kappa shape index (κ1) is 17.1. The number of nitrogens with zero attached hydrogens (tertiary/aromatic N) is 1. The summed E-state index contributed by atoms with van der Waals surface area (Å²) in [7, 11) is 1.65. The number of aliphatic imine (C=N–C) groups is 1. The van der Waals surface area contributed by atoms with Crippen LogP contribution in [-0.4, -0.2) is 32.8 Å². The molecule has 0 amide bonds. The summed E-state index contributed by atoms with van der Waals surface area (Å²) in [6.07, 6.45) is 1.07. The molecule has 1 aromatic carbocycles. The molecule has 0 heterocycles. The number of benzene rings is 1. The molecule has 0 radical (unpaired) electrons. The Balaban J connectivity index is 2.77. The lowest BCUT2D eigenvalue weighted by Gasteiger charge is -2.12. The van der Waals surface area contributed by atoms with Crippen molar-refractivity contribution in [1.82, 2.24) is 10.6 Å². The number of ether oxygens (including phenoxy) is 2. The number of rotatable bonds is 8. The van der Waals surface area contributed by atoms with E-state index in [0.29, 0.717) is 13.2 Å². The zero-order valence-electron chi connectivity index (χ0n) is 13.5. The number of methoxy groups -OCH3 is 1.